The van der Waals surface area contributed by atoms with E-state index in [2.05, 4.69) is 22.0 Å². The Balaban J connectivity index is 1.66. The van der Waals surface area contributed by atoms with Gasteiger partial charge in [0, 0.05) is 25.9 Å². The first-order valence-electron chi connectivity index (χ1n) is 12.7. The van der Waals surface area contributed by atoms with Crippen LogP contribution in [0.25, 0.3) is 0 Å². The van der Waals surface area contributed by atoms with Gasteiger partial charge >= 0.3 is 6.09 Å². The maximum absolute atomic E-state index is 12.1. The topological polar surface area (TPSA) is 95.4 Å². The molecule has 2 aromatic rings. The van der Waals surface area contributed by atoms with Crippen molar-refractivity contribution in [3.05, 3.63) is 41.7 Å². The molecule has 0 radical (unpaired) electrons. The summed E-state index contributed by atoms with van der Waals surface area (Å²) in [5, 5.41) is 4.47. The minimum absolute atomic E-state index is 0.0537. The molecule has 1 fully saturated rings. The van der Waals surface area contributed by atoms with Gasteiger partial charge in [-0.2, -0.15) is 4.98 Å². The maximum Gasteiger partial charge on any atom is 0.410 e. The second kappa shape index (κ2) is 13.7. The largest absolute Gasteiger partial charge is 0.497 e. The van der Waals surface area contributed by atoms with Gasteiger partial charge in [0.15, 0.2) is 0 Å². The van der Waals surface area contributed by atoms with Crippen LogP contribution in [0.1, 0.15) is 70.4 Å². The number of nitrogens with zero attached hydrogens (tertiary/aromatic N) is 4. The Morgan fingerprint density at radius 1 is 1.11 bits per heavy atom. The predicted octanol–water partition coefficient (Wildman–Crippen LogP) is 5.55. The fourth-order valence-corrected chi connectivity index (χ4v) is 3.89. The normalized spacial score (nSPS) is 14.6. The van der Waals surface area contributed by atoms with Crippen molar-refractivity contribution in [2.45, 2.75) is 78.4 Å². The van der Waals surface area contributed by atoms with Crippen LogP contribution in [0.5, 0.6) is 17.5 Å². The van der Waals surface area contributed by atoms with Crippen LogP contribution in [0.3, 0.4) is 0 Å². The maximum atomic E-state index is 12.1. The first kappa shape index (κ1) is 27.2. The Kier molecular flexibility index (Phi) is 10.3. The van der Waals surface area contributed by atoms with Crippen LogP contribution in [-0.4, -0.2) is 59.1 Å². The molecule has 1 aliphatic rings. The number of amides is 1. The molecule has 1 aromatic heterocycles. The lowest BCUT2D eigenvalue weighted by atomic mass is 10.0. The van der Waals surface area contributed by atoms with Crippen molar-refractivity contribution in [2.75, 3.05) is 20.2 Å². The van der Waals surface area contributed by atoms with E-state index in [0.29, 0.717) is 43.3 Å². The van der Waals surface area contributed by atoms with E-state index in [1.165, 1.54) is 6.33 Å². The van der Waals surface area contributed by atoms with Gasteiger partial charge in [0.05, 0.1) is 24.5 Å². The van der Waals surface area contributed by atoms with Gasteiger partial charge in [-0.05, 0) is 63.4 Å². The molecule has 36 heavy (non-hydrogen) atoms. The van der Waals surface area contributed by atoms with Crippen LogP contribution >= 0.6 is 0 Å². The minimum Gasteiger partial charge on any atom is -0.497 e. The molecule has 0 aliphatic carbocycles. The van der Waals surface area contributed by atoms with E-state index in [9.17, 15) is 4.79 Å². The lowest BCUT2D eigenvalue weighted by Gasteiger charge is -2.31. The summed E-state index contributed by atoms with van der Waals surface area (Å²) in [7, 11) is 1.65. The van der Waals surface area contributed by atoms with Gasteiger partial charge in [-0.1, -0.05) is 24.9 Å². The molecule has 9 nitrogen and oxygen atoms in total. The smallest absolute Gasteiger partial charge is 0.410 e. The monoisotopic (exact) mass is 498 g/mol. The summed E-state index contributed by atoms with van der Waals surface area (Å²) in [4.78, 5) is 28.2. The Labute approximate surface area is 213 Å². The summed E-state index contributed by atoms with van der Waals surface area (Å²) in [5.74, 6) is 1.62. The number of methoxy groups -OCH3 is 1. The first-order chi connectivity index (χ1) is 17.4. The third-order valence-corrected chi connectivity index (χ3v) is 5.99. The van der Waals surface area contributed by atoms with Crippen LogP contribution in [0.15, 0.2) is 35.7 Å². The van der Waals surface area contributed by atoms with Gasteiger partial charge in [0.1, 0.15) is 18.2 Å². The summed E-state index contributed by atoms with van der Waals surface area (Å²) in [5.41, 5.74) is 2.52. The third kappa shape index (κ3) is 7.83. The molecule has 1 aromatic carbocycles. The van der Waals surface area contributed by atoms with Crippen molar-refractivity contribution >= 4 is 11.8 Å². The van der Waals surface area contributed by atoms with E-state index in [-0.39, 0.29) is 18.3 Å². The van der Waals surface area contributed by atoms with Gasteiger partial charge < -0.3 is 23.9 Å². The molecular weight excluding hydrogens is 460 g/mol. The minimum atomic E-state index is -0.276. The number of hydrogen-bond donors (Lipinski definition) is 0. The van der Waals surface area contributed by atoms with E-state index in [0.717, 1.165) is 42.7 Å². The molecule has 0 bridgehead atoms. The second-order valence-corrected chi connectivity index (χ2v) is 9.16. The number of ether oxygens (including phenoxy) is 3. The number of piperidine rings is 1. The van der Waals surface area contributed by atoms with Crippen molar-refractivity contribution < 1.29 is 23.8 Å². The molecule has 0 spiro atoms. The summed E-state index contributed by atoms with van der Waals surface area (Å²) in [6, 6.07) is 7.80. The number of carbonyl (C=O) groups is 1. The highest BCUT2D eigenvalue weighted by Crippen LogP contribution is 2.26. The molecule has 0 N–H and O–H groups in total. The quantitative estimate of drug-likeness (QED) is 0.228. The number of oxime groups is 1. The highest BCUT2D eigenvalue weighted by atomic mass is 16.6. The van der Waals surface area contributed by atoms with Gasteiger partial charge in [-0.15, -0.1) is 0 Å². The zero-order chi connectivity index (χ0) is 25.9. The van der Waals surface area contributed by atoms with Crippen LogP contribution < -0.4 is 14.3 Å². The number of benzene rings is 1. The van der Waals surface area contributed by atoms with Crippen LogP contribution in [-0.2, 0) is 4.74 Å². The van der Waals surface area contributed by atoms with Gasteiger partial charge in [-0.25, -0.2) is 9.78 Å². The second-order valence-electron chi connectivity index (χ2n) is 9.16. The fourth-order valence-electron chi connectivity index (χ4n) is 3.89. The molecule has 0 saturated carbocycles. The summed E-state index contributed by atoms with van der Waals surface area (Å²) in [6.07, 6.45) is 6.42. The van der Waals surface area contributed by atoms with Crippen molar-refractivity contribution in [2.24, 2.45) is 5.16 Å². The molecule has 2 heterocycles. The van der Waals surface area contributed by atoms with Crippen molar-refractivity contribution in [3.63, 3.8) is 0 Å². The van der Waals surface area contributed by atoms with Gasteiger partial charge in [-0.3, -0.25) is 0 Å². The molecule has 1 saturated heterocycles. The van der Waals surface area contributed by atoms with Crippen LogP contribution in [0.4, 0.5) is 4.79 Å². The number of hydrogen-bond acceptors (Lipinski definition) is 8. The van der Waals surface area contributed by atoms with Crippen molar-refractivity contribution in [1.29, 1.82) is 0 Å². The average molecular weight is 499 g/mol. The zero-order valence-corrected chi connectivity index (χ0v) is 22.0. The molecule has 9 heteroatoms. The lowest BCUT2D eigenvalue weighted by molar-refractivity contribution is 0.0504. The van der Waals surface area contributed by atoms with E-state index < -0.39 is 0 Å². The molecular formula is C27H38N4O5. The highest BCUT2D eigenvalue weighted by Gasteiger charge is 2.26. The van der Waals surface area contributed by atoms with E-state index in [1.807, 2.05) is 45.0 Å². The predicted molar refractivity (Wildman–Crippen MR) is 138 cm³/mol. The first-order valence-corrected chi connectivity index (χ1v) is 12.7. The summed E-state index contributed by atoms with van der Waals surface area (Å²) >= 11 is 0. The van der Waals surface area contributed by atoms with E-state index >= 15 is 0 Å². The van der Waals surface area contributed by atoms with Crippen LogP contribution in [0, 0.1) is 6.92 Å². The number of rotatable bonds is 11. The average Bonchev–Trinajstić information content (AvgIpc) is 2.88. The molecule has 0 atom stereocenters. The number of aromatic nitrogens is 2. The SMILES string of the molecule is CCCCC/C(=N/Oc1ncnc(OC2CCN(C(=O)OC(C)C)CC2)c1C)c1ccc(OC)cc1. The van der Waals surface area contributed by atoms with Gasteiger partial charge in [0.25, 0.3) is 5.88 Å². The summed E-state index contributed by atoms with van der Waals surface area (Å²) < 4.78 is 16.7. The fraction of sp³-hybridized carbons (Fsp3) is 0.556. The number of carbonyl (C=O) groups excluding carboxylic acids is 1. The standard InChI is InChI=1S/C27H38N4O5/c1-6-7-8-9-24(21-10-12-22(33-5)13-11-21)30-36-26-20(4)25(28-18-29-26)35-23-14-16-31(17-15-23)27(32)34-19(2)3/h10-13,18-19,23H,6-9,14-17H2,1-5H3/b30-24-. The number of likely N-dealkylation sites (tertiary alicyclic amines) is 1. The van der Waals surface area contributed by atoms with Crippen molar-refractivity contribution in [3.8, 4) is 17.5 Å². The lowest BCUT2D eigenvalue weighted by Crippen LogP contribution is -2.42. The highest BCUT2D eigenvalue weighted by molar-refractivity contribution is 6.00. The zero-order valence-electron chi connectivity index (χ0n) is 22.0. The Morgan fingerprint density at radius 2 is 1.81 bits per heavy atom. The van der Waals surface area contributed by atoms with E-state index in [1.54, 1.807) is 12.0 Å². The Hall–Kier alpha value is -3.36. The van der Waals surface area contributed by atoms with E-state index in [4.69, 9.17) is 19.0 Å². The molecule has 1 aliphatic heterocycles. The molecule has 0 unspecified atom stereocenters. The molecule has 3 rings (SSSR count). The number of unbranched alkanes of at least 4 members (excludes halogenated alkanes) is 2. The Morgan fingerprint density at radius 3 is 2.44 bits per heavy atom. The summed E-state index contributed by atoms with van der Waals surface area (Å²) in [6.45, 7) is 8.89. The van der Waals surface area contributed by atoms with Crippen LogP contribution in [0.2, 0.25) is 0 Å². The van der Waals surface area contributed by atoms with Crippen molar-refractivity contribution in [1.82, 2.24) is 14.9 Å². The third-order valence-electron chi connectivity index (χ3n) is 5.99. The molecule has 1 amide bonds. The molecule has 196 valence electrons. The Bertz CT molecular complexity index is 1000. The van der Waals surface area contributed by atoms with Gasteiger partial charge in [0.2, 0.25) is 5.88 Å².